The van der Waals surface area contributed by atoms with E-state index >= 15 is 0 Å². The molecule has 2 atom stereocenters. The molecule has 1 unspecified atom stereocenters. The van der Waals surface area contributed by atoms with Crippen molar-refractivity contribution in [2.24, 2.45) is 0 Å². The molecule has 1 amide bonds. The fraction of sp³-hybridized carbons (Fsp3) is 0.455. The number of aromatic nitrogens is 1. The van der Waals surface area contributed by atoms with Gasteiger partial charge in [0.25, 0.3) is 0 Å². The predicted molar refractivity (Wildman–Crippen MR) is 115 cm³/mol. The molecule has 9 heteroatoms. The van der Waals surface area contributed by atoms with Crippen molar-refractivity contribution in [3.05, 3.63) is 34.6 Å². The van der Waals surface area contributed by atoms with Crippen LogP contribution >= 0.6 is 11.6 Å². The summed E-state index contributed by atoms with van der Waals surface area (Å²) in [5.41, 5.74) is 0.718. The lowest BCUT2D eigenvalue weighted by molar-refractivity contribution is -0.117. The normalized spacial score (nSPS) is 23.8. The number of pyridine rings is 1. The number of benzene rings is 1. The fourth-order valence-electron chi connectivity index (χ4n) is 4.68. The molecule has 0 radical (unpaired) electrons. The van der Waals surface area contributed by atoms with Crippen LogP contribution in [0.1, 0.15) is 25.3 Å². The Balaban J connectivity index is 1.74. The molecule has 31 heavy (non-hydrogen) atoms. The van der Waals surface area contributed by atoms with Crippen LogP contribution in [-0.4, -0.2) is 59.2 Å². The van der Waals surface area contributed by atoms with E-state index < -0.39 is 5.82 Å². The number of nitrogens with zero attached hydrogens (tertiary/aromatic N) is 3. The number of aromatic hydroxyl groups is 1. The van der Waals surface area contributed by atoms with E-state index in [1.165, 1.54) is 18.2 Å². The van der Waals surface area contributed by atoms with Gasteiger partial charge in [0, 0.05) is 38.6 Å². The van der Waals surface area contributed by atoms with E-state index in [0.717, 1.165) is 31.6 Å². The molecule has 1 aromatic carbocycles. The number of phenols is 1. The number of fused-ring (bicyclic) bond motifs is 2. The average molecular weight is 447 g/mol. The molecule has 5 rings (SSSR count). The van der Waals surface area contributed by atoms with Gasteiger partial charge in [0.15, 0.2) is 0 Å². The number of anilines is 1. The van der Waals surface area contributed by atoms with E-state index in [4.69, 9.17) is 21.3 Å². The minimum atomic E-state index is -0.642. The summed E-state index contributed by atoms with van der Waals surface area (Å²) in [5.74, 6) is -0.0983. The molecule has 1 aromatic heterocycles. The maximum atomic E-state index is 14.7. The van der Waals surface area contributed by atoms with Gasteiger partial charge >= 0.3 is 0 Å². The third-order valence-electron chi connectivity index (χ3n) is 6.36. The lowest BCUT2D eigenvalue weighted by Crippen LogP contribution is -2.52. The van der Waals surface area contributed by atoms with Crippen molar-refractivity contribution in [3.8, 4) is 22.8 Å². The molecule has 2 N–H and O–H groups in total. The number of halogens is 2. The Labute approximate surface area is 184 Å². The first-order chi connectivity index (χ1) is 15.0. The van der Waals surface area contributed by atoms with Crippen LogP contribution in [0.4, 0.5) is 10.2 Å². The third kappa shape index (κ3) is 3.43. The van der Waals surface area contributed by atoms with Gasteiger partial charge in [-0.1, -0.05) is 17.7 Å². The minimum absolute atomic E-state index is 0.0330. The quantitative estimate of drug-likeness (QED) is 0.738. The summed E-state index contributed by atoms with van der Waals surface area (Å²) in [6.07, 6.45) is 1.15. The van der Waals surface area contributed by atoms with Gasteiger partial charge in [-0.2, -0.15) is 0 Å². The molecule has 3 aliphatic rings. The number of carbonyl (C=O) groups is 1. The predicted octanol–water partition coefficient (Wildman–Crippen LogP) is 2.93. The van der Waals surface area contributed by atoms with Gasteiger partial charge in [-0.15, -0.1) is 0 Å². The number of nitrogens with one attached hydrogen (secondary N) is 1. The Kier molecular flexibility index (Phi) is 5.24. The molecule has 0 spiro atoms. The SMILES string of the molecule is CC1CCC(=O)N1c1nc(-c2c(O)cccc2F)c(Cl)c2c1CN1CCNC[C@@H]1CO2. The number of ether oxygens (including phenoxy) is 1. The minimum Gasteiger partial charge on any atom is -0.507 e. The van der Waals surface area contributed by atoms with E-state index in [9.17, 15) is 14.3 Å². The Morgan fingerprint density at radius 2 is 2.23 bits per heavy atom. The summed E-state index contributed by atoms with van der Waals surface area (Å²) in [6.45, 7) is 5.40. The van der Waals surface area contributed by atoms with Gasteiger partial charge in [0.2, 0.25) is 5.91 Å². The smallest absolute Gasteiger partial charge is 0.228 e. The molecule has 164 valence electrons. The summed E-state index contributed by atoms with van der Waals surface area (Å²) in [4.78, 5) is 21.4. The fourth-order valence-corrected chi connectivity index (χ4v) is 4.99. The molecular formula is C22H24ClFN4O3. The first-order valence-electron chi connectivity index (χ1n) is 10.6. The highest BCUT2D eigenvalue weighted by Crippen LogP contribution is 2.46. The molecule has 0 aliphatic carbocycles. The largest absolute Gasteiger partial charge is 0.507 e. The summed E-state index contributed by atoms with van der Waals surface area (Å²) in [5, 5.41) is 13.9. The van der Waals surface area contributed by atoms with Crippen molar-refractivity contribution in [2.45, 2.75) is 38.4 Å². The van der Waals surface area contributed by atoms with Gasteiger partial charge in [0.1, 0.15) is 40.5 Å². The van der Waals surface area contributed by atoms with Crippen LogP contribution in [-0.2, 0) is 11.3 Å². The van der Waals surface area contributed by atoms with E-state index in [-0.39, 0.29) is 40.0 Å². The van der Waals surface area contributed by atoms with Crippen LogP contribution in [0.25, 0.3) is 11.3 Å². The number of amides is 1. The highest BCUT2D eigenvalue weighted by molar-refractivity contribution is 6.35. The van der Waals surface area contributed by atoms with Gasteiger partial charge in [-0.25, -0.2) is 9.37 Å². The first kappa shape index (κ1) is 20.5. The second-order valence-electron chi connectivity index (χ2n) is 8.33. The second-order valence-corrected chi connectivity index (χ2v) is 8.71. The molecule has 0 bridgehead atoms. The zero-order valence-electron chi connectivity index (χ0n) is 17.2. The van der Waals surface area contributed by atoms with Crippen molar-refractivity contribution in [3.63, 3.8) is 0 Å². The van der Waals surface area contributed by atoms with Crippen LogP contribution in [0.3, 0.4) is 0 Å². The van der Waals surface area contributed by atoms with Crippen LogP contribution in [0.5, 0.6) is 11.5 Å². The topological polar surface area (TPSA) is 77.9 Å². The van der Waals surface area contributed by atoms with Gasteiger partial charge < -0.3 is 15.2 Å². The maximum absolute atomic E-state index is 14.7. The highest BCUT2D eigenvalue weighted by atomic mass is 35.5. The molecule has 4 heterocycles. The Morgan fingerprint density at radius 1 is 1.39 bits per heavy atom. The highest BCUT2D eigenvalue weighted by Gasteiger charge is 2.38. The molecule has 2 aromatic rings. The Morgan fingerprint density at radius 3 is 2.97 bits per heavy atom. The molecule has 7 nitrogen and oxygen atoms in total. The molecule has 0 saturated carbocycles. The Hall–Kier alpha value is -2.42. The third-order valence-corrected chi connectivity index (χ3v) is 6.72. The number of phenolic OH excluding ortho intramolecular Hbond substituents is 1. The van der Waals surface area contributed by atoms with E-state index in [0.29, 0.717) is 31.1 Å². The number of carbonyl (C=O) groups excluding carboxylic acids is 1. The number of hydrogen-bond donors (Lipinski definition) is 2. The van der Waals surface area contributed by atoms with Crippen LogP contribution < -0.4 is 15.0 Å². The van der Waals surface area contributed by atoms with Crippen molar-refractivity contribution >= 4 is 23.3 Å². The molecule has 2 saturated heterocycles. The second kappa shape index (κ2) is 7.93. The van der Waals surface area contributed by atoms with Crippen molar-refractivity contribution < 1.29 is 19.0 Å². The maximum Gasteiger partial charge on any atom is 0.228 e. The summed E-state index contributed by atoms with van der Waals surface area (Å²) in [6, 6.07) is 4.16. The van der Waals surface area contributed by atoms with Crippen molar-refractivity contribution in [1.82, 2.24) is 15.2 Å². The van der Waals surface area contributed by atoms with Gasteiger partial charge in [-0.3, -0.25) is 14.6 Å². The summed E-state index contributed by atoms with van der Waals surface area (Å²) in [7, 11) is 0. The lowest BCUT2D eigenvalue weighted by atomic mass is 10.1. The zero-order valence-corrected chi connectivity index (χ0v) is 18.0. The average Bonchev–Trinajstić information content (AvgIpc) is 2.96. The van der Waals surface area contributed by atoms with Crippen molar-refractivity contribution in [2.75, 3.05) is 31.1 Å². The van der Waals surface area contributed by atoms with Gasteiger partial charge in [0.05, 0.1) is 17.2 Å². The summed E-state index contributed by atoms with van der Waals surface area (Å²) >= 11 is 6.72. The molecule has 2 fully saturated rings. The number of piperazine rings is 1. The summed E-state index contributed by atoms with van der Waals surface area (Å²) < 4.78 is 20.9. The van der Waals surface area contributed by atoms with Crippen LogP contribution in [0.15, 0.2) is 18.2 Å². The number of hydrogen-bond acceptors (Lipinski definition) is 6. The zero-order chi connectivity index (χ0) is 21.7. The van der Waals surface area contributed by atoms with Gasteiger partial charge in [-0.05, 0) is 25.5 Å². The van der Waals surface area contributed by atoms with Crippen LogP contribution in [0.2, 0.25) is 5.02 Å². The van der Waals surface area contributed by atoms with E-state index in [1.807, 2.05) is 6.92 Å². The molecule has 3 aliphatic heterocycles. The van der Waals surface area contributed by atoms with E-state index in [1.54, 1.807) is 4.90 Å². The van der Waals surface area contributed by atoms with Crippen LogP contribution in [0, 0.1) is 5.82 Å². The number of rotatable bonds is 2. The Bertz CT molecular complexity index is 1030. The standard InChI is InChI=1S/C22H24ClFN4O3/c1-12-5-6-17(30)28(12)22-14-10-27-8-7-25-9-13(27)11-31-21(14)19(23)20(26-22)18-15(24)3-2-4-16(18)29/h2-4,12-13,25,29H,5-11H2,1H3/t12?,13-/m1/s1. The monoisotopic (exact) mass is 446 g/mol. The first-order valence-corrected chi connectivity index (χ1v) is 10.9. The molecular weight excluding hydrogens is 423 g/mol. The lowest BCUT2D eigenvalue weighted by Gasteiger charge is -2.34. The van der Waals surface area contributed by atoms with Crippen molar-refractivity contribution in [1.29, 1.82) is 0 Å². The van der Waals surface area contributed by atoms with E-state index in [2.05, 4.69) is 10.2 Å².